The Morgan fingerprint density at radius 1 is 1.13 bits per heavy atom. The van der Waals surface area contributed by atoms with Gasteiger partial charge in [0.25, 0.3) is 0 Å². The zero-order valence-corrected chi connectivity index (χ0v) is 18.3. The van der Waals surface area contributed by atoms with E-state index in [0.29, 0.717) is 19.6 Å². The zero-order valence-electron chi connectivity index (χ0n) is 18.3. The third-order valence-corrected chi connectivity index (χ3v) is 6.10. The molecule has 2 saturated heterocycles. The molecule has 3 rings (SSSR count). The van der Waals surface area contributed by atoms with Crippen LogP contribution in [0.3, 0.4) is 0 Å². The van der Waals surface area contributed by atoms with Crippen LogP contribution in [0.1, 0.15) is 24.5 Å². The number of likely N-dealkylation sites (tertiary alicyclic amines) is 1. The normalized spacial score (nSPS) is 21.4. The highest BCUT2D eigenvalue weighted by Gasteiger charge is 2.34. The molecule has 0 radical (unpaired) electrons. The number of piperazine rings is 1. The van der Waals surface area contributed by atoms with Gasteiger partial charge in [-0.15, -0.1) is 0 Å². The first-order valence-electron chi connectivity index (χ1n) is 10.9. The van der Waals surface area contributed by atoms with Crippen molar-refractivity contribution in [3.05, 3.63) is 29.3 Å². The number of nitrogens with zero attached hydrogens (tertiary/aromatic N) is 4. The number of hydrogen-bond acceptors (Lipinski definition) is 3. The second kappa shape index (κ2) is 9.90. The predicted octanol–water partition coefficient (Wildman–Crippen LogP) is 3.28. The average Bonchev–Trinajstić information content (AvgIpc) is 3.13. The number of halogens is 3. The molecular weight excluding hydrogens is 391 g/mol. The third-order valence-electron chi connectivity index (χ3n) is 6.10. The van der Waals surface area contributed by atoms with Crippen molar-refractivity contribution < 1.29 is 13.2 Å². The molecule has 5 nitrogen and oxygen atoms in total. The Morgan fingerprint density at radius 3 is 2.53 bits per heavy atom. The van der Waals surface area contributed by atoms with Crippen molar-refractivity contribution in [1.29, 1.82) is 0 Å². The van der Waals surface area contributed by atoms with Gasteiger partial charge < -0.3 is 15.1 Å². The van der Waals surface area contributed by atoms with E-state index in [4.69, 9.17) is 4.99 Å². The van der Waals surface area contributed by atoms with Gasteiger partial charge in [-0.3, -0.25) is 9.89 Å². The van der Waals surface area contributed by atoms with Crippen LogP contribution in [-0.4, -0.2) is 80.8 Å². The van der Waals surface area contributed by atoms with E-state index in [2.05, 4.69) is 47.2 Å². The lowest BCUT2D eigenvalue weighted by Gasteiger charge is -2.38. The van der Waals surface area contributed by atoms with Crippen LogP contribution in [0.2, 0.25) is 0 Å². The topological polar surface area (TPSA) is 34.1 Å². The number of guanidine groups is 1. The minimum absolute atomic E-state index is 0.192. The van der Waals surface area contributed by atoms with E-state index in [0.717, 1.165) is 45.1 Å². The number of alkyl halides is 3. The fraction of sp³-hybridized carbons (Fsp3) is 0.682. The predicted molar refractivity (Wildman–Crippen MR) is 116 cm³/mol. The van der Waals surface area contributed by atoms with Crippen LogP contribution < -0.4 is 10.2 Å². The Kier molecular flexibility index (Phi) is 7.50. The van der Waals surface area contributed by atoms with Gasteiger partial charge in [0.15, 0.2) is 5.96 Å². The summed E-state index contributed by atoms with van der Waals surface area (Å²) in [6, 6.07) is 6.44. The standard InChI is InChI=1S/C22H34F3N5/c1-4-26-21(27-14-19-8-9-28(15-19)16-22(23,24)25)30-12-10-29(11-13-30)20-7-5-6-17(2)18(20)3/h5-7,19H,4,8-16H2,1-3H3,(H,26,27). The first kappa shape index (κ1) is 22.7. The molecule has 0 saturated carbocycles. The molecular formula is C22H34F3N5. The van der Waals surface area contributed by atoms with Gasteiger partial charge in [-0.1, -0.05) is 12.1 Å². The van der Waals surface area contributed by atoms with Crippen LogP contribution in [0, 0.1) is 19.8 Å². The van der Waals surface area contributed by atoms with Gasteiger partial charge in [-0.2, -0.15) is 13.2 Å². The van der Waals surface area contributed by atoms with E-state index in [1.54, 1.807) is 0 Å². The third kappa shape index (κ3) is 6.03. The minimum Gasteiger partial charge on any atom is -0.368 e. The van der Waals surface area contributed by atoms with Gasteiger partial charge in [0.05, 0.1) is 6.54 Å². The smallest absolute Gasteiger partial charge is 0.368 e. The van der Waals surface area contributed by atoms with Gasteiger partial charge in [-0.25, -0.2) is 0 Å². The van der Waals surface area contributed by atoms with Gasteiger partial charge >= 0.3 is 6.18 Å². The molecule has 2 fully saturated rings. The highest BCUT2D eigenvalue weighted by molar-refractivity contribution is 5.80. The molecule has 1 N–H and O–H groups in total. The highest BCUT2D eigenvalue weighted by atomic mass is 19.4. The summed E-state index contributed by atoms with van der Waals surface area (Å²) in [5, 5.41) is 3.36. The van der Waals surface area contributed by atoms with Crippen molar-refractivity contribution in [2.75, 3.05) is 63.8 Å². The van der Waals surface area contributed by atoms with E-state index < -0.39 is 12.7 Å². The lowest BCUT2D eigenvalue weighted by Crippen LogP contribution is -2.52. The maximum absolute atomic E-state index is 12.6. The maximum atomic E-state index is 12.6. The summed E-state index contributed by atoms with van der Waals surface area (Å²) in [7, 11) is 0. The number of rotatable bonds is 5. The van der Waals surface area contributed by atoms with Gasteiger partial charge in [0.1, 0.15) is 0 Å². The lowest BCUT2D eigenvalue weighted by molar-refractivity contribution is -0.143. The molecule has 8 heteroatoms. The van der Waals surface area contributed by atoms with Gasteiger partial charge in [0.2, 0.25) is 0 Å². The molecule has 2 aliphatic rings. The van der Waals surface area contributed by atoms with E-state index in [1.165, 1.54) is 21.7 Å². The summed E-state index contributed by atoms with van der Waals surface area (Å²) < 4.78 is 37.8. The molecule has 1 aromatic carbocycles. The second-order valence-corrected chi connectivity index (χ2v) is 8.39. The Hall–Kier alpha value is -1.96. The summed E-state index contributed by atoms with van der Waals surface area (Å²) >= 11 is 0. The highest BCUT2D eigenvalue weighted by Crippen LogP contribution is 2.25. The lowest BCUT2D eigenvalue weighted by atomic mass is 10.1. The second-order valence-electron chi connectivity index (χ2n) is 8.39. The maximum Gasteiger partial charge on any atom is 0.401 e. The van der Waals surface area contributed by atoms with E-state index in [-0.39, 0.29) is 5.92 Å². The molecule has 1 atom stereocenters. The quantitative estimate of drug-likeness (QED) is 0.580. The Morgan fingerprint density at radius 2 is 1.87 bits per heavy atom. The molecule has 2 heterocycles. The molecule has 0 amide bonds. The number of nitrogens with one attached hydrogen (secondary N) is 1. The van der Waals surface area contributed by atoms with Crippen molar-refractivity contribution in [2.45, 2.75) is 33.4 Å². The Bertz CT molecular complexity index is 726. The first-order chi connectivity index (χ1) is 14.3. The molecule has 0 aromatic heterocycles. The van der Waals surface area contributed by atoms with E-state index >= 15 is 0 Å². The summed E-state index contributed by atoms with van der Waals surface area (Å²) in [6.07, 6.45) is -3.35. The van der Waals surface area contributed by atoms with Crippen molar-refractivity contribution in [3.63, 3.8) is 0 Å². The largest absolute Gasteiger partial charge is 0.401 e. The fourth-order valence-electron chi connectivity index (χ4n) is 4.34. The van der Waals surface area contributed by atoms with E-state index in [1.807, 2.05) is 6.92 Å². The summed E-state index contributed by atoms with van der Waals surface area (Å²) in [5.74, 6) is 1.07. The van der Waals surface area contributed by atoms with Crippen LogP contribution >= 0.6 is 0 Å². The molecule has 30 heavy (non-hydrogen) atoms. The van der Waals surface area contributed by atoms with Crippen LogP contribution in [0.15, 0.2) is 23.2 Å². The number of aliphatic imine (C=N–C) groups is 1. The summed E-state index contributed by atoms with van der Waals surface area (Å²) in [5.41, 5.74) is 3.93. The zero-order chi connectivity index (χ0) is 21.7. The Labute approximate surface area is 177 Å². The van der Waals surface area contributed by atoms with Crippen molar-refractivity contribution in [1.82, 2.24) is 15.1 Å². The van der Waals surface area contributed by atoms with Crippen LogP contribution in [0.25, 0.3) is 0 Å². The number of aryl methyl sites for hydroxylation is 1. The van der Waals surface area contributed by atoms with Crippen molar-refractivity contribution in [3.8, 4) is 0 Å². The van der Waals surface area contributed by atoms with E-state index in [9.17, 15) is 13.2 Å². The minimum atomic E-state index is -4.12. The molecule has 0 aliphatic carbocycles. The average molecular weight is 426 g/mol. The van der Waals surface area contributed by atoms with Crippen molar-refractivity contribution in [2.24, 2.45) is 10.9 Å². The van der Waals surface area contributed by atoms with Gasteiger partial charge in [0, 0.05) is 51.5 Å². The van der Waals surface area contributed by atoms with Crippen molar-refractivity contribution >= 4 is 11.6 Å². The molecule has 0 spiro atoms. The fourth-order valence-corrected chi connectivity index (χ4v) is 4.34. The summed E-state index contributed by atoms with van der Waals surface area (Å²) in [6.45, 7) is 11.5. The number of hydrogen-bond donors (Lipinski definition) is 1. The molecule has 2 aliphatic heterocycles. The molecule has 0 bridgehead atoms. The number of benzene rings is 1. The number of anilines is 1. The summed E-state index contributed by atoms with van der Waals surface area (Å²) in [4.78, 5) is 11.0. The monoisotopic (exact) mass is 425 g/mol. The first-order valence-corrected chi connectivity index (χ1v) is 10.9. The molecule has 1 unspecified atom stereocenters. The SMILES string of the molecule is CCNC(=NCC1CCN(CC(F)(F)F)C1)N1CCN(c2cccc(C)c2C)CC1. The van der Waals surface area contributed by atoms with Crippen LogP contribution in [0.5, 0.6) is 0 Å². The van der Waals surface area contributed by atoms with Gasteiger partial charge in [-0.05, 0) is 56.8 Å². The van der Waals surface area contributed by atoms with Crippen LogP contribution in [0.4, 0.5) is 18.9 Å². The molecule has 168 valence electrons. The van der Waals surface area contributed by atoms with Crippen LogP contribution in [-0.2, 0) is 0 Å². The molecule has 1 aromatic rings. The Balaban J connectivity index is 1.55.